The third kappa shape index (κ3) is 23.3. The van der Waals surface area contributed by atoms with E-state index in [1.165, 1.54) is 6.07 Å². The van der Waals surface area contributed by atoms with Crippen molar-refractivity contribution in [1.29, 1.82) is 5.26 Å². The Kier molecular flexibility index (Phi) is 30.1. The Balaban J connectivity index is 0.000000124. The van der Waals surface area contributed by atoms with Crippen LogP contribution in [0.25, 0.3) is 56.3 Å². The molecule has 33 heteroatoms. The highest BCUT2D eigenvalue weighted by Gasteiger charge is 2.33. The van der Waals surface area contributed by atoms with Crippen molar-refractivity contribution in [2.45, 2.75) is 64.8 Å². The summed E-state index contributed by atoms with van der Waals surface area (Å²) in [6, 6.07) is 85.3. The summed E-state index contributed by atoms with van der Waals surface area (Å²) in [4.78, 5) is 106. The number of carbonyl (C=O) groups excluding carboxylic acids is 8. The Labute approximate surface area is 792 Å². The molecule has 0 radical (unpaired) electrons. The number of hydrogen-bond donors (Lipinski definition) is 8. The van der Waals surface area contributed by atoms with Gasteiger partial charge < -0.3 is 65.4 Å². The predicted octanol–water partition coefficient (Wildman–Crippen LogP) is 13.0. The van der Waals surface area contributed by atoms with Crippen LogP contribution in [0.2, 0.25) is 5.02 Å². The molecule has 0 aliphatic carbocycles. The lowest BCUT2D eigenvalue weighted by Gasteiger charge is -2.27. The number of aromatic nitrogens is 10. The Morgan fingerprint density at radius 1 is 0.307 bits per heavy atom. The summed E-state index contributed by atoms with van der Waals surface area (Å²) in [5.41, 5.74) is 37.5. The van der Waals surface area contributed by atoms with Crippen LogP contribution >= 0.6 is 11.6 Å². The summed E-state index contributed by atoms with van der Waals surface area (Å²) < 4.78 is 27.9. The summed E-state index contributed by atoms with van der Waals surface area (Å²) in [6.07, 6.45) is 3.65. The lowest BCUT2D eigenvalue weighted by atomic mass is 10.0. The summed E-state index contributed by atoms with van der Waals surface area (Å²) in [5.74, 6) is 0.173. The van der Waals surface area contributed by atoms with E-state index >= 15 is 0 Å². The van der Waals surface area contributed by atoms with E-state index in [9.17, 15) is 38.4 Å². The number of H-pyrrole nitrogens is 5. The van der Waals surface area contributed by atoms with E-state index in [1.807, 2.05) is 157 Å². The molecule has 0 unspecified atom stereocenters. The standard InChI is InChI=1S/3C21H20N4O3.C21H18N4O2.C20H18ClN3O2/c22-21(27)15-8-4-5-9-18(15)28-13-19(26)25-11-10-17-16(12-25)20(24-23-17)14-6-2-1-3-7-14;22-21(27)15-7-4-8-16(11-15)28-13-19(26)25-10-9-18-17(12-25)20(24-23-18)14-5-2-1-3-6-14;22-21(27)15-6-8-16(9-7-15)28-13-19(26)25-11-10-18-17(12-25)20(24-23-18)14-4-2-1-3-5-14;22-12-16-8-4-5-9-19(16)27-14-20(26)25-11-10-18-17(13-25)21(24-23-18)15-6-2-1-3-7-15;21-15-7-4-8-16(11-15)26-13-19(25)24-10-9-18-17(12-24)20(23-22-18)14-5-2-1-3-6-14/h1-9H,10-13H2,(H2,22,27)(H,23,24);1-8,11H,9-10,12-13H2,(H2,22,27)(H,23,24);1-9H,10-13H2,(H2,22,27)(H,23,24);1-9H,10-11,13-14H2,(H,23,24);1-8,11H,9-10,12-13H2,(H,22,23). The minimum atomic E-state index is -0.587. The Morgan fingerprint density at radius 3 is 0.927 bits per heavy atom. The molecule has 8 amide bonds. The number of ether oxygens (including phenoxy) is 5. The van der Waals surface area contributed by atoms with E-state index in [-0.39, 0.29) is 68.1 Å². The number of nitrogens with zero attached hydrogens (tertiary/aromatic N) is 11. The van der Waals surface area contributed by atoms with Crippen molar-refractivity contribution < 1.29 is 62.0 Å². The van der Waals surface area contributed by atoms with E-state index in [0.717, 1.165) is 138 Å². The quantitative estimate of drug-likeness (QED) is 0.0295. The van der Waals surface area contributed by atoms with Crippen LogP contribution in [0.5, 0.6) is 28.7 Å². The Morgan fingerprint density at radius 2 is 0.599 bits per heavy atom. The third-order valence-corrected chi connectivity index (χ3v) is 23.9. The van der Waals surface area contributed by atoms with Gasteiger partial charge in [0, 0.05) is 198 Å². The van der Waals surface area contributed by atoms with Crippen molar-refractivity contribution in [2.75, 3.05) is 65.8 Å². The summed E-state index contributed by atoms with van der Waals surface area (Å²) in [7, 11) is 0. The zero-order valence-corrected chi connectivity index (χ0v) is 75.2. The van der Waals surface area contributed by atoms with Gasteiger partial charge in [-0.05, 0) is 84.9 Å². The molecule has 15 aromatic rings. The largest absolute Gasteiger partial charge is 0.484 e. The molecule has 0 saturated heterocycles. The number of halogens is 1. The Bertz CT molecular complexity index is 6840. The van der Waals surface area contributed by atoms with Gasteiger partial charge in [0.05, 0.1) is 39.6 Å². The van der Waals surface area contributed by atoms with E-state index in [2.05, 4.69) is 57.1 Å². The fraction of sp³-hybridized carbons (Fsp3) is 0.192. The molecule has 0 spiro atoms. The summed E-state index contributed by atoms with van der Waals surface area (Å²) in [5, 5.41) is 47.4. The van der Waals surface area contributed by atoms with Crippen LogP contribution in [0.3, 0.4) is 0 Å². The monoisotopic (exact) mass is 1850 g/mol. The molecule has 5 aliphatic heterocycles. The average Bonchev–Trinajstić information content (AvgIpc) is 1.68. The van der Waals surface area contributed by atoms with Crippen LogP contribution in [0.4, 0.5) is 0 Å². The van der Waals surface area contributed by atoms with Crippen molar-refractivity contribution in [3.05, 3.63) is 357 Å². The normalized spacial score (nSPS) is 13.1. The molecule has 20 rings (SSSR count). The van der Waals surface area contributed by atoms with Crippen LogP contribution in [-0.2, 0) is 88.8 Å². The van der Waals surface area contributed by atoms with E-state index < -0.39 is 17.7 Å². The lowest BCUT2D eigenvalue weighted by Crippen LogP contribution is -2.39. The maximum absolute atomic E-state index is 12.7. The van der Waals surface area contributed by atoms with Crippen LogP contribution in [0.15, 0.2) is 273 Å². The molecule has 0 fully saturated rings. The number of amides is 8. The minimum Gasteiger partial charge on any atom is -0.484 e. The Hall–Kier alpha value is -17.2. The third-order valence-electron chi connectivity index (χ3n) is 23.7. The predicted molar refractivity (Wildman–Crippen MR) is 511 cm³/mol. The van der Waals surface area contributed by atoms with E-state index in [1.54, 1.807) is 135 Å². The first-order valence-electron chi connectivity index (χ1n) is 44.4. The summed E-state index contributed by atoms with van der Waals surface area (Å²) >= 11 is 5.94. The van der Waals surface area contributed by atoms with Gasteiger partial charge in [-0.1, -0.05) is 200 Å². The topological polar surface area (TPSA) is 444 Å². The fourth-order valence-corrected chi connectivity index (χ4v) is 16.6. The lowest BCUT2D eigenvalue weighted by molar-refractivity contribution is -0.135. The molecular weight excluding hydrogens is 1760 g/mol. The zero-order valence-electron chi connectivity index (χ0n) is 74.5. The second-order valence-corrected chi connectivity index (χ2v) is 32.9. The average molecular weight is 1860 g/mol. The van der Waals surface area contributed by atoms with Gasteiger partial charge in [0.25, 0.3) is 35.4 Å². The van der Waals surface area contributed by atoms with Crippen molar-refractivity contribution in [3.63, 3.8) is 0 Å². The molecular formula is C104H96ClN19O13. The highest BCUT2D eigenvalue weighted by Crippen LogP contribution is 2.36. The number of nitriles is 1. The van der Waals surface area contributed by atoms with Crippen LogP contribution in [0, 0.1) is 11.3 Å². The van der Waals surface area contributed by atoms with Crippen molar-refractivity contribution in [2.24, 2.45) is 17.2 Å². The molecule has 32 nitrogen and oxygen atoms in total. The molecule has 692 valence electrons. The van der Waals surface area contributed by atoms with Gasteiger partial charge in [-0.15, -0.1) is 0 Å². The first kappa shape index (κ1) is 93.0. The van der Waals surface area contributed by atoms with Crippen molar-refractivity contribution in [1.82, 2.24) is 75.5 Å². The van der Waals surface area contributed by atoms with Crippen LogP contribution in [0.1, 0.15) is 92.9 Å². The second-order valence-electron chi connectivity index (χ2n) is 32.5. The highest BCUT2D eigenvalue weighted by molar-refractivity contribution is 6.30. The number of aromatic amines is 5. The molecule has 11 N–H and O–H groups in total. The van der Waals surface area contributed by atoms with Crippen LogP contribution in [-0.4, -0.2) is 189 Å². The van der Waals surface area contributed by atoms with Gasteiger partial charge in [0.1, 0.15) is 34.8 Å². The van der Waals surface area contributed by atoms with Crippen LogP contribution < -0.4 is 40.9 Å². The van der Waals surface area contributed by atoms with Gasteiger partial charge >= 0.3 is 0 Å². The number of carbonyl (C=O) groups is 8. The van der Waals surface area contributed by atoms with Gasteiger partial charge in [0.15, 0.2) is 33.0 Å². The molecule has 5 aliphatic rings. The van der Waals surface area contributed by atoms with Gasteiger partial charge in [-0.25, -0.2) is 0 Å². The SMILES string of the molecule is N#Cc1ccccc1OCC(=O)N1CCc2[nH]nc(-c3ccccc3)c2C1.NC(=O)c1ccc(OCC(=O)N2CCc3[nH]nc(-c4ccccc4)c3C2)cc1.NC(=O)c1cccc(OCC(=O)N2CCc3[nH]nc(-c4ccccc4)c3C2)c1.NC(=O)c1ccccc1OCC(=O)N1CCc2[nH]nc(-c3ccccc3)c2C1.O=C(COc1cccc(Cl)c1)N1CCc2[nH]nc(-c3ccccc3)c2C1. The number of benzene rings is 10. The minimum absolute atomic E-state index is 0.00576. The number of fused-ring (bicyclic) bond motifs is 5. The maximum atomic E-state index is 12.7. The number of nitrogens with one attached hydrogen (secondary N) is 5. The number of primary amides is 3. The maximum Gasteiger partial charge on any atom is 0.260 e. The first-order chi connectivity index (χ1) is 66.8. The van der Waals surface area contributed by atoms with Crippen molar-refractivity contribution >= 4 is 58.9 Å². The van der Waals surface area contributed by atoms with Gasteiger partial charge in [-0.3, -0.25) is 63.8 Å². The number of nitrogens with two attached hydrogens (primary N) is 3. The second kappa shape index (κ2) is 44.3. The van der Waals surface area contributed by atoms with Gasteiger partial charge in [-0.2, -0.15) is 30.8 Å². The fourth-order valence-electron chi connectivity index (χ4n) is 16.4. The highest BCUT2D eigenvalue weighted by atomic mass is 35.5. The molecule has 5 aromatic heterocycles. The smallest absolute Gasteiger partial charge is 0.260 e. The summed E-state index contributed by atoms with van der Waals surface area (Å²) in [6.45, 7) is 5.15. The van der Waals surface area contributed by atoms with E-state index in [0.29, 0.717) is 122 Å². The number of para-hydroxylation sites is 2. The molecule has 0 bridgehead atoms. The van der Waals surface area contributed by atoms with E-state index in [4.69, 9.17) is 57.7 Å². The molecule has 0 saturated carbocycles. The molecule has 10 aromatic carbocycles. The molecule has 0 atom stereocenters. The molecule has 10 heterocycles. The first-order valence-corrected chi connectivity index (χ1v) is 44.7. The van der Waals surface area contributed by atoms with Gasteiger partial charge in [0.2, 0.25) is 11.8 Å². The number of rotatable bonds is 23. The number of hydrogen-bond acceptors (Lipinski definition) is 19. The van der Waals surface area contributed by atoms with Crippen molar-refractivity contribution in [3.8, 4) is 91.1 Å². The molecule has 137 heavy (non-hydrogen) atoms. The zero-order chi connectivity index (χ0) is 95.1.